The molecule has 0 saturated heterocycles. The van der Waals surface area contributed by atoms with E-state index in [2.05, 4.69) is 52.0 Å². The molecule has 0 spiro atoms. The summed E-state index contributed by atoms with van der Waals surface area (Å²) in [5.74, 6) is 2.30. The SMILES string of the molecule is CCCCCc1ccc([Si](CC)(CC)c2ccc(CCCCC)o2)o1. The minimum Gasteiger partial charge on any atom is -0.471 e. The molecule has 0 aromatic carbocycles. The fraction of sp³-hybridized carbons (Fsp3) is 0.636. The van der Waals surface area contributed by atoms with E-state index in [-0.39, 0.29) is 0 Å². The summed E-state index contributed by atoms with van der Waals surface area (Å²) in [7, 11) is -1.88. The van der Waals surface area contributed by atoms with Gasteiger partial charge in [0.25, 0.3) is 0 Å². The average molecular weight is 361 g/mol. The summed E-state index contributed by atoms with van der Waals surface area (Å²) in [6.07, 6.45) is 9.63. The predicted octanol–water partition coefficient (Wildman–Crippen LogP) is 5.94. The second-order valence-electron chi connectivity index (χ2n) is 7.24. The van der Waals surface area contributed by atoms with Gasteiger partial charge in [0, 0.05) is 12.8 Å². The first-order valence-corrected chi connectivity index (χ1v) is 12.8. The molecular formula is C22H36O2Si. The number of hydrogen-bond donors (Lipinski definition) is 0. The quantitative estimate of drug-likeness (QED) is 0.346. The summed E-state index contributed by atoms with van der Waals surface area (Å²) in [6.45, 7) is 9.09. The molecule has 140 valence electrons. The van der Waals surface area contributed by atoms with Crippen LogP contribution in [0.4, 0.5) is 0 Å². The Morgan fingerprint density at radius 2 is 1.08 bits per heavy atom. The largest absolute Gasteiger partial charge is 0.471 e. The zero-order valence-corrected chi connectivity index (χ0v) is 17.7. The molecule has 0 atom stereocenters. The smallest absolute Gasteiger partial charge is 0.206 e. The highest BCUT2D eigenvalue weighted by Gasteiger charge is 2.40. The molecule has 0 N–H and O–H groups in total. The van der Waals surface area contributed by atoms with Crippen LogP contribution in [0.2, 0.25) is 12.1 Å². The monoisotopic (exact) mass is 360 g/mol. The number of furan rings is 2. The fourth-order valence-corrected chi connectivity index (χ4v) is 7.30. The lowest BCUT2D eigenvalue weighted by Crippen LogP contribution is -2.56. The van der Waals surface area contributed by atoms with E-state index in [0.29, 0.717) is 0 Å². The van der Waals surface area contributed by atoms with Gasteiger partial charge in [0.2, 0.25) is 8.07 Å². The summed E-state index contributed by atoms with van der Waals surface area (Å²) < 4.78 is 12.7. The van der Waals surface area contributed by atoms with Crippen molar-refractivity contribution in [3.63, 3.8) is 0 Å². The van der Waals surface area contributed by atoms with Crippen LogP contribution in [0.1, 0.15) is 77.7 Å². The molecule has 2 rings (SSSR count). The zero-order chi connectivity index (χ0) is 18.1. The molecule has 2 aromatic rings. The first kappa shape index (κ1) is 20.1. The third kappa shape index (κ3) is 4.90. The van der Waals surface area contributed by atoms with Gasteiger partial charge in [-0.05, 0) is 49.2 Å². The van der Waals surface area contributed by atoms with Crippen molar-refractivity contribution >= 4 is 18.8 Å². The maximum atomic E-state index is 6.34. The summed E-state index contributed by atoms with van der Waals surface area (Å²) in [4.78, 5) is 0. The molecule has 0 aliphatic carbocycles. The first-order chi connectivity index (χ1) is 12.2. The molecule has 0 fully saturated rings. The Morgan fingerprint density at radius 1 is 0.640 bits per heavy atom. The Balaban J connectivity index is 2.17. The highest BCUT2D eigenvalue weighted by atomic mass is 28.3. The standard InChI is InChI=1S/C22H36O2Si/c1-5-9-11-13-19-15-17-21(23-19)25(7-3,8-4)22-18-16-20(24-22)14-12-10-6-2/h15-18H,5-14H2,1-4H3. The molecular weight excluding hydrogens is 324 g/mol. The summed E-state index contributed by atoms with van der Waals surface area (Å²) in [5.41, 5.74) is 0. The van der Waals surface area contributed by atoms with Gasteiger partial charge in [-0.3, -0.25) is 0 Å². The van der Waals surface area contributed by atoms with Crippen LogP contribution in [0, 0.1) is 0 Å². The van der Waals surface area contributed by atoms with Gasteiger partial charge in [0.05, 0.1) is 10.8 Å². The van der Waals surface area contributed by atoms with Crippen molar-refractivity contribution in [2.45, 2.75) is 91.1 Å². The zero-order valence-electron chi connectivity index (χ0n) is 16.7. The minimum absolute atomic E-state index is 1.06. The molecule has 0 bridgehead atoms. The van der Waals surface area contributed by atoms with E-state index < -0.39 is 8.07 Å². The van der Waals surface area contributed by atoms with Crippen LogP contribution < -0.4 is 10.8 Å². The molecule has 2 aromatic heterocycles. The number of aryl methyl sites for hydroxylation is 2. The molecule has 0 unspecified atom stereocenters. The van der Waals surface area contributed by atoms with E-state index in [1.807, 2.05) is 0 Å². The van der Waals surface area contributed by atoms with E-state index in [9.17, 15) is 0 Å². The summed E-state index contributed by atoms with van der Waals surface area (Å²) in [6, 6.07) is 11.1. The van der Waals surface area contributed by atoms with E-state index in [0.717, 1.165) is 36.5 Å². The van der Waals surface area contributed by atoms with Gasteiger partial charge in [-0.15, -0.1) is 0 Å². The van der Waals surface area contributed by atoms with Crippen molar-refractivity contribution in [2.24, 2.45) is 0 Å². The highest BCUT2D eigenvalue weighted by Crippen LogP contribution is 2.20. The lowest BCUT2D eigenvalue weighted by molar-refractivity contribution is 0.508. The highest BCUT2D eigenvalue weighted by molar-refractivity contribution is 7.00. The molecule has 3 heteroatoms. The van der Waals surface area contributed by atoms with Crippen LogP contribution in [-0.2, 0) is 12.8 Å². The van der Waals surface area contributed by atoms with Crippen molar-refractivity contribution in [3.8, 4) is 0 Å². The van der Waals surface area contributed by atoms with Crippen molar-refractivity contribution in [3.05, 3.63) is 35.8 Å². The van der Waals surface area contributed by atoms with Crippen LogP contribution in [0.15, 0.2) is 33.1 Å². The molecule has 0 aliphatic heterocycles. The fourth-order valence-electron chi connectivity index (χ4n) is 3.71. The van der Waals surface area contributed by atoms with Crippen LogP contribution in [0.5, 0.6) is 0 Å². The lowest BCUT2D eigenvalue weighted by atomic mass is 10.2. The molecule has 25 heavy (non-hydrogen) atoms. The second kappa shape index (κ2) is 10.1. The molecule has 0 radical (unpaired) electrons. The van der Waals surface area contributed by atoms with Gasteiger partial charge >= 0.3 is 0 Å². The van der Waals surface area contributed by atoms with Gasteiger partial charge in [-0.25, -0.2) is 0 Å². The van der Waals surface area contributed by atoms with Crippen molar-refractivity contribution in [2.75, 3.05) is 0 Å². The Hall–Kier alpha value is -1.22. The second-order valence-corrected chi connectivity index (χ2v) is 11.8. The molecule has 0 amide bonds. The molecule has 2 heterocycles. The predicted molar refractivity (Wildman–Crippen MR) is 110 cm³/mol. The molecule has 0 aliphatic rings. The Bertz CT molecular complexity index is 557. The van der Waals surface area contributed by atoms with E-state index >= 15 is 0 Å². The Labute approximate surface area is 155 Å². The van der Waals surface area contributed by atoms with E-state index in [4.69, 9.17) is 8.83 Å². The number of unbranched alkanes of at least 4 members (excludes halogenated alkanes) is 4. The third-order valence-corrected chi connectivity index (χ3v) is 10.4. The van der Waals surface area contributed by atoms with Crippen LogP contribution in [0.3, 0.4) is 0 Å². The topological polar surface area (TPSA) is 26.3 Å². The van der Waals surface area contributed by atoms with Crippen LogP contribution in [-0.4, -0.2) is 8.07 Å². The van der Waals surface area contributed by atoms with Gasteiger partial charge in [0.1, 0.15) is 11.5 Å². The number of rotatable bonds is 12. The Kier molecular flexibility index (Phi) is 8.08. The molecule has 0 saturated carbocycles. The maximum absolute atomic E-state index is 6.34. The summed E-state index contributed by atoms with van der Waals surface area (Å²) >= 11 is 0. The van der Waals surface area contributed by atoms with Gasteiger partial charge in [0.15, 0.2) is 0 Å². The maximum Gasteiger partial charge on any atom is 0.206 e. The van der Waals surface area contributed by atoms with E-state index in [1.165, 1.54) is 49.3 Å². The third-order valence-electron chi connectivity index (χ3n) is 5.53. The van der Waals surface area contributed by atoms with Gasteiger partial charge < -0.3 is 8.83 Å². The molecule has 2 nitrogen and oxygen atoms in total. The summed E-state index contributed by atoms with van der Waals surface area (Å²) in [5, 5.41) is 2.41. The van der Waals surface area contributed by atoms with E-state index in [1.54, 1.807) is 0 Å². The van der Waals surface area contributed by atoms with Crippen LogP contribution in [0.25, 0.3) is 0 Å². The van der Waals surface area contributed by atoms with Crippen molar-refractivity contribution in [1.82, 2.24) is 0 Å². The van der Waals surface area contributed by atoms with Crippen LogP contribution >= 0.6 is 0 Å². The average Bonchev–Trinajstić information content (AvgIpc) is 3.28. The van der Waals surface area contributed by atoms with Crippen molar-refractivity contribution < 1.29 is 8.83 Å². The van der Waals surface area contributed by atoms with Gasteiger partial charge in [-0.1, -0.05) is 53.4 Å². The number of hydrogen-bond acceptors (Lipinski definition) is 2. The van der Waals surface area contributed by atoms with Crippen molar-refractivity contribution in [1.29, 1.82) is 0 Å². The lowest BCUT2D eigenvalue weighted by Gasteiger charge is -2.24. The first-order valence-electron chi connectivity index (χ1n) is 10.4. The Morgan fingerprint density at radius 3 is 1.44 bits per heavy atom. The minimum atomic E-state index is -1.88. The normalized spacial score (nSPS) is 12.0. The van der Waals surface area contributed by atoms with Gasteiger partial charge in [-0.2, -0.15) is 0 Å².